The molecule has 0 aliphatic heterocycles. The van der Waals surface area contributed by atoms with Gasteiger partial charge in [-0.3, -0.25) is 4.79 Å². The van der Waals surface area contributed by atoms with Gasteiger partial charge in [-0.25, -0.2) is 4.39 Å². The van der Waals surface area contributed by atoms with Crippen LogP contribution in [0.2, 0.25) is 0 Å². The maximum Gasteiger partial charge on any atom is 0.217 e. The number of hydrogen-bond donors (Lipinski definition) is 0. The van der Waals surface area contributed by atoms with Crippen LogP contribution < -0.4 is 0 Å². The molecular weight excluding hydrogens is 211 g/mol. The van der Waals surface area contributed by atoms with Gasteiger partial charge in [-0.1, -0.05) is 30.3 Å². The maximum atomic E-state index is 12.3. The van der Waals surface area contributed by atoms with Gasteiger partial charge in [0, 0.05) is 5.56 Å². The molecule has 0 saturated heterocycles. The molecule has 1 aromatic rings. The molecule has 0 aliphatic carbocycles. The normalized spacial score (nSPS) is 12.5. The van der Waals surface area contributed by atoms with Crippen molar-refractivity contribution in [3.8, 4) is 0 Å². The number of rotatable bonds is 2. The molecule has 0 bridgehead atoms. The third-order valence-corrected chi connectivity index (χ3v) is 1.67. The van der Waals surface area contributed by atoms with Gasteiger partial charge in [-0.05, 0) is 15.9 Å². The molecule has 0 saturated carbocycles. The molecule has 0 aromatic heterocycles. The maximum absolute atomic E-state index is 12.3. The second-order valence-corrected chi connectivity index (χ2v) is 2.83. The van der Waals surface area contributed by atoms with Crippen LogP contribution >= 0.6 is 15.9 Å². The summed E-state index contributed by atoms with van der Waals surface area (Å²) in [7, 11) is 0. The first kappa shape index (κ1) is 8.40. The molecule has 0 amide bonds. The van der Waals surface area contributed by atoms with Crippen LogP contribution in [0.5, 0.6) is 0 Å². The largest absolute Gasteiger partial charge is 0.290 e. The molecule has 0 unspecified atom stereocenters. The number of carbonyl (C=O) groups is 1. The van der Waals surface area contributed by atoms with Crippen molar-refractivity contribution in [2.24, 2.45) is 0 Å². The van der Waals surface area contributed by atoms with E-state index >= 15 is 0 Å². The fraction of sp³-hybridized carbons (Fsp3) is 0.125. The van der Waals surface area contributed by atoms with Gasteiger partial charge < -0.3 is 0 Å². The van der Waals surface area contributed by atoms with Gasteiger partial charge in [-0.15, -0.1) is 0 Å². The first-order valence-electron chi connectivity index (χ1n) is 3.09. The Morgan fingerprint density at radius 1 is 1.36 bits per heavy atom. The molecule has 11 heavy (non-hydrogen) atoms. The number of benzene rings is 1. The second-order valence-electron chi connectivity index (χ2n) is 2.03. The number of Topliss-reactive ketones (excluding diaryl/α,β-unsaturated/α-hetero) is 1. The highest BCUT2D eigenvalue weighted by atomic mass is 79.9. The predicted molar refractivity (Wildman–Crippen MR) is 44.6 cm³/mol. The van der Waals surface area contributed by atoms with Crippen LogP contribution in [0.3, 0.4) is 0 Å². The summed E-state index contributed by atoms with van der Waals surface area (Å²) in [5.41, 5.74) is 0.386. The van der Waals surface area contributed by atoms with Crippen LogP contribution in [-0.4, -0.2) is 10.9 Å². The van der Waals surface area contributed by atoms with Gasteiger partial charge in [0.25, 0.3) is 0 Å². The summed E-state index contributed by atoms with van der Waals surface area (Å²) in [6.07, 6.45) is 0. The van der Waals surface area contributed by atoms with Crippen LogP contribution in [0.25, 0.3) is 0 Å². The van der Waals surface area contributed by atoms with Crippen molar-refractivity contribution >= 4 is 21.7 Å². The average Bonchev–Trinajstić information content (AvgIpc) is 2.05. The summed E-state index contributed by atoms with van der Waals surface area (Å²) in [5.74, 6) is -0.536. The van der Waals surface area contributed by atoms with Crippen molar-refractivity contribution in [1.82, 2.24) is 0 Å². The molecule has 3 heteroatoms. The Bertz CT molecular complexity index is 246. The molecule has 0 aliphatic rings. The summed E-state index contributed by atoms with van der Waals surface area (Å²) in [4.78, 5) is 10.9. The minimum Gasteiger partial charge on any atom is -0.290 e. The van der Waals surface area contributed by atoms with Gasteiger partial charge in [0.1, 0.15) is 0 Å². The Labute approximate surface area is 72.4 Å². The van der Waals surface area contributed by atoms with Gasteiger partial charge in [0.15, 0.2) is 0 Å². The van der Waals surface area contributed by atoms with Crippen molar-refractivity contribution in [1.29, 1.82) is 0 Å². The van der Waals surface area contributed by atoms with Gasteiger partial charge in [0.2, 0.25) is 10.9 Å². The Morgan fingerprint density at radius 2 is 1.91 bits per heavy atom. The first-order chi connectivity index (χ1) is 5.22. The van der Waals surface area contributed by atoms with Gasteiger partial charge in [-0.2, -0.15) is 0 Å². The number of carbonyl (C=O) groups excluding carboxylic acids is 1. The standard InChI is InChI=1S/C8H6BrFO/c9-8(10)7(11)6-4-2-1-3-5-6/h1-5,8H/t8-/m1/s1. The Morgan fingerprint density at radius 3 is 2.36 bits per heavy atom. The van der Waals surface area contributed by atoms with Crippen LogP contribution in [0, 0.1) is 0 Å². The number of ketones is 1. The third-order valence-electron chi connectivity index (χ3n) is 1.26. The molecule has 0 spiro atoms. The minimum absolute atomic E-state index is 0.386. The Balaban J connectivity index is 2.86. The molecular formula is C8H6BrFO. The smallest absolute Gasteiger partial charge is 0.217 e. The zero-order chi connectivity index (χ0) is 8.27. The van der Waals surface area contributed by atoms with Crippen LogP contribution in [0.4, 0.5) is 4.39 Å². The zero-order valence-electron chi connectivity index (χ0n) is 5.63. The van der Waals surface area contributed by atoms with E-state index < -0.39 is 10.9 Å². The van der Waals surface area contributed by atoms with E-state index in [9.17, 15) is 9.18 Å². The van der Waals surface area contributed by atoms with E-state index in [1.807, 2.05) is 0 Å². The SMILES string of the molecule is O=C(c1ccccc1)[C@@H](F)Br. The van der Waals surface area contributed by atoms with Crippen LogP contribution in [0.1, 0.15) is 10.4 Å². The molecule has 1 aromatic carbocycles. The minimum atomic E-state index is -1.59. The Hall–Kier alpha value is -0.700. The van der Waals surface area contributed by atoms with E-state index in [0.29, 0.717) is 5.56 Å². The molecule has 0 radical (unpaired) electrons. The lowest BCUT2D eigenvalue weighted by Gasteiger charge is -1.97. The third kappa shape index (κ3) is 2.12. The van der Waals surface area contributed by atoms with Crippen LogP contribution in [0.15, 0.2) is 30.3 Å². The fourth-order valence-corrected chi connectivity index (χ4v) is 0.993. The lowest BCUT2D eigenvalue weighted by Crippen LogP contribution is -2.07. The van der Waals surface area contributed by atoms with Gasteiger partial charge >= 0.3 is 0 Å². The highest BCUT2D eigenvalue weighted by Gasteiger charge is 2.13. The molecule has 1 atom stereocenters. The van der Waals surface area contributed by atoms with E-state index in [2.05, 4.69) is 15.9 Å². The first-order valence-corrected chi connectivity index (χ1v) is 4.01. The lowest BCUT2D eigenvalue weighted by molar-refractivity contribution is 0.0942. The molecule has 1 nitrogen and oxygen atoms in total. The van der Waals surface area contributed by atoms with E-state index in [1.54, 1.807) is 30.3 Å². The van der Waals surface area contributed by atoms with E-state index in [4.69, 9.17) is 0 Å². The molecule has 0 N–H and O–H groups in total. The van der Waals surface area contributed by atoms with E-state index in [0.717, 1.165) is 0 Å². The average molecular weight is 217 g/mol. The second kappa shape index (κ2) is 3.62. The molecule has 0 fully saturated rings. The zero-order valence-corrected chi connectivity index (χ0v) is 7.21. The number of hydrogen-bond acceptors (Lipinski definition) is 1. The summed E-state index contributed by atoms with van der Waals surface area (Å²) in [5, 5.41) is -1.59. The quantitative estimate of drug-likeness (QED) is 0.549. The molecule has 58 valence electrons. The van der Waals surface area contributed by atoms with Crippen molar-refractivity contribution in [2.75, 3.05) is 0 Å². The highest BCUT2D eigenvalue weighted by Crippen LogP contribution is 2.10. The highest BCUT2D eigenvalue weighted by molar-refractivity contribution is 9.09. The van der Waals surface area contributed by atoms with Crippen molar-refractivity contribution in [3.05, 3.63) is 35.9 Å². The van der Waals surface area contributed by atoms with Crippen molar-refractivity contribution in [2.45, 2.75) is 5.08 Å². The molecule has 1 rings (SSSR count). The van der Waals surface area contributed by atoms with Crippen molar-refractivity contribution in [3.63, 3.8) is 0 Å². The lowest BCUT2D eigenvalue weighted by atomic mass is 10.1. The van der Waals surface area contributed by atoms with Gasteiger partial charge in [0.05, 0.1) is 0 Å². The summed E-state index contributed by atoms with van der Waals surface area (Å²) in [6, 6.07) is 8.33. The fourth-order valence-electron chi connectivity index (χ4n) is 0.728. The monoisotopic (exact) mass is 216 g/mol. The van der Waals surface area contributed by atoms with Crippen molar-refractivity contribution < 1.29 is 9.18 Å². The van der Waals surface area contributed by atoms with Crippen LogP contribution in [-0.2, 0) is 0 Å². The van der Waals surface area contributed by atoms with E-state index in [1.165, 1.54) is 0 Å². The Kier molecular flexibility index (Phi) is 2.76. The molecule has 0 heterocycles. The predicted octanol–water partition coefficient (Wildman–Crippen LogP) is 2.56. The summed E-state index contributed by atoms with van der Waals surface area (Å²) < 4.78 is 12.3. The number of halogens is 2. The summed E-state index contributed by atoms with van der Waals surface area (Å²) in [6.45, 7) is 0. The van der Waals surface area contributed by atoms with E-state index in [-0.39, 0.29) is 0 Å². The summed E-state index contributed by atoms with van der Waals surface area (Å²) >= 11 is 2.56. The number of alkyl halides is 2. The topological polar surface area (TPSA) is 17.1 Å².